The highest BCUT2D eigenvalue weighted by Crippen LogP contribution is 2.33. The van der Waals surface area contributed by atoms with Crippen LogP contribution in [0, 0.1) is 0 Å². The average molecular weight is 611 g/mol. The fraction of sp³-hybridized carbons (Fsp3) is 0.290. The number of alkyl halides is 3. The monoisotopic (exact) mass is 610 g/mol. The molecule has 2 heterocycles. The predicted octanol–water partition coefficient (Wildman–Crippen LogP) is 4.35. The number of amides is 3. The summed E-state index contributed by atoms with van der Waals surface area (Å²) >= 11 is 0. The van der Waals surface area contributed by atoms with Crippen molar-refractivity contribution < 1.29 is 42.2 Å². The first-order valence-electron chi connectivity index (χ1n) is 13.9. The SMILES string of the molecule is O=C(O)C(F)(F)F.O=C1COc2cc(C(=O)N(Cc3ccc(C(=O)Nc4ccc5c(c4)CCNC5)cc3)C3CC3)ccc2N1. The summed E-state index contributed by atoms with van der Waals surface area (Å²) in [5.74, 6) is -2.69. The molecule has 1 saturated carbocycles. The molecule has 3 aromatic carbocycles. The molecule has 0 unspecified atom stereocenters. The number of carbonyl (C=O) groups is 4. The van der Waals surface area contributed by atoms with Gasteiger partial charge in [-0.3, -0.25) is 14.4 Å². The first-order chi connectivity index (χ1) is 21.0. The number of benzene rings is 3. The summed E-state index contributed by atoms with van der Waals surface area (Å²) < 4.78 is 37.2. The second kappa shape index (κ2) is 12.8. The molecule has 0 aromatic heterocycles. The smallest absolute Gasteiger partial charge is 0.482 e. The number of halogens is 3. The highest BCUT2D eigenvalue weighted by atomic mass is 19.4. The Bertz CT molecular complexity index is 1590. The van der Waals surface area contributed by atoms with Crippen molar-refractivity contribution in [2.24, 2.45) is 0 Å². The van der Waals surface area contributed by atoms with E-state index in [4.69, 9.17) is 14.6 Å². The summed E-state index contributed by atoms with van der Waals surface area (Å²) in [6.45, 7) is 2.22. The van der Waals surface area contributed by atoms with E-state index in [1.807, 2.05) is 23.1 Å². The number of rotatable bonds is 6. The molecule has 0 radical (unpaired) electrons. The molecule has 3 aliphatic rings. The van der Waals surface area contributed by atoms with E-state index in [1.54, 1.807) is 30.3 Å². The van der Waals surface area contributed by atoms with E-state index in [1.165, 1.54) is 11.1 Å². The largest absolute Gasteiger partial charge is 0.490 e. The molecule has 4 N–H and O–H groups in total. The van der Waals surface area contributed by atoms with Crippen LogP contribution in [0.25, 0.3) is 0 Å². The first kappa shape index (κ1) is 30.5. The molecule has 2 aliphatic heterocycles. The van der Waals surface area contributed by atoms with Crippen LogP contribution in [0.5, 0.6) is 5.75 Å². The van der Waals surface area contributed by atoms with E-state index in [2.05, 4.69) is 28.1 Å². The maximum absolute atomic E-state index is 13.4. The molecule has 0 saturated heterocycles. The predicted molar refractivity (Wildman–Crippen MR) is 153 cm³/mol. The maximum atomic E-state index is 13.4. The highest BCUT2D eigenvalue weighted by molar-refractivity contribution is 6.04. The van der Waals surface area contributed by atoms with Crippen molar-refractivity contribution in [1.29, 1.82) is 0 Å². The van der Waals surface area contributed by atoms with Crippen LogP contribution >= 0.6 is 0 Å². The lowest BCUT2D eigenvalue weighted by atomic mass is 10.0. The fourth-order valence-electron chi connectivity index (χ4n) is 4.84. The Morgan fingerprint density at radius 2 is 1.68 bits per heavy atom. The highest BCUT2D eigenvalue weighted by Gasteiger charge is 2.38. The zero-order chi connectivity index (χ0) is 31.4. The van der Waals surface area contributed by atoms with E-state index in [9.17, 15) is 27.6 Å². The van der Waals surface area contributed by atoms with Crippen LogP contribution in [0.2, 0.25) is 0 Å². The third-order valence-electron chi connectivity index (χ3n) is 7.27. The number of aliphatic carboxylic acids is 1. The Hall–Kier alpha value is -4.91. The Morgan fingerprint density at radius 1 is 0.977 bits per heavy atom. The number of nitrogens with zero attached hydrogens (tertiary/aromatic N) is 1. The van der Waals surface area contributed by atoms with Crippen molar-refractivity contribution in [3.8, 4) is 5.75 Å². The minimum Gasteiger partial charge on any atom is -0.482 e. The van der Waals surface area contributed by atoms with Gasteiger partial charge in [-0.15, -0.1) is 0 Å². The van der Waals surface area contributed by atoms with Crippen molar-refractivity contribution in [1.82, 2.24) is 10.2 Å². The van der Waals surface area contributed by atoms with Crippen LogP contribution in [0.3, 0.4) is 0 Å². The second-order valence-electron chi connectivity index (χ2n) is 10.6. The molecule has 0 atom stereocenters. The van der Waals surface area contributed by atoms with Crippen LogP contribution in [0.1, 0.15) is 50.2 Å². The molecule has 3 amide bonds. The van der Waals surface area contributed by atoms with Crippen LogP contribution in [-0.2, 0) is 29.1 Å². The first-order valence-corrected chi connectivity index (χ1v) is 13.9. The lowest BCUT2D eigenvalue weighted by Gasteiger charge is -2.24. The number of hydrogen-bond acceptors (Lipinski definition) is 6. The number of fused-ring (bicyclic) bond motifs is 2. The molecule has 10 nitrogen and oxygen atoms in total. The Labute approximate surface area is 250 Å². The summed E-state index contributed by atoms with van der Waals surface area (Å²) in [7, 11) is 0. The Balaban J connectivity index is 0.000000493. The zero-order valence-corrected chi connectivity index (χ0v) is 23.4. The fourth-order valence-corrected chi connectivity index (χ4v) is 4.84. The number of ether oxygens (including phenoxy) is 1. The maximum Gasteiger partial charge on any atom is 0.490 e. The molecule has 0 bridgehead atoms. The van der Waals surface area contributed by atoms with Gasteiger partial charge in [0.05, 0.1) is 5.69 Å². The second-order valence-corrected chi connectivity index (χ2v) is 10.6. The number of carboxylic acid groups (broad SMARTS) is 1. The van der Waals surface area contributed by atoms with E-state index < -0.39 is 12.1 Å². The quantitative estimate of drug-likeness (QED) is 0.326. The summed E-state index contributed by atoms with van der Waals surface area (Å²) in [5, 5.41) is 16.2. The molecule has 1 fully saturated rings. The molecule has 230 valence electrons. The minimum atomic E-state index is -5.08. The van der Waals surface area contributed by atoms with E-state index in [0.717, 1.165) is 43.6 Å². The third-order valence-corrected chi connectivity index (χ3v) is 7.27. The van der Waals surface area contributed by atoms with Crippen molar-refractivity contribution in [3.63, 3.8) is 0 Å². The number of hydrogen-bond donors (Lipinski definition) is 4. The van der Waals surface area contributed by atoms with Crippen LogP contribution in [-0.4, -0.2) is 59.1 Å². The van der Waals surface area contributed by atoms with Crippen molar-refractivity contribution in [3.05, 3.63) is 88.5 Å². The standard InChI is InChI=1S/C29H28N4O4.C2HF3O2/c34-27-17-37-26-14-21(6-10-25(26)32-27)29(36)33(24-8-9-24)16-18-1-3-19(4-2-18)28(35)31-23-7-5-22-15-30-12-11-20(22)13-23;3-2(4,5)1(6)7/h1-7,10,13-14,24,30H,8-9,11-12,15-17H2,(H,31,35)(H,32,34);(H,6,7). The van der Waals surface area contributed by atoms with E-state index in [-0.39, 0.29) is 30.4 Å². The molecule has 44 heavy (non-hydrogen) atoms. The molecule has 0 spiro atoms. The summed E-state index contributed by atoms with van der Waals surface area (Å²) in [4.78, 5) is 48.5. The number of anilines is 2. The van der Waals surface area contributed by atoms with Crippen LogP contribution < -0.4 is 20.7 Å². The third kappa shape index (κ3) is 7.53. The van der Waals surface area contributed by atoms with Crippen molar-refractivity contribution >= 4 is 35.1 Å². The van der Waals surface area contributed by atoms with Crippen molar-refractivity contribution in [2.45, 2.75) is 44.6 Å². The Kier molecular flexibility index (Phi) is 8.86. The topological polar surface area (TPSA) is 137 Å². The number of carboxylic acids is 1. The molecular weight excluding hydrogens is 581 g/mol. The Morgan fingerprint density at radius 3 is 2.36 bits per heavy atom. The lowest BCUT2D eigenvalue weighted by Crippen LogP contribution is -2.33. The van der Waals surface area contributed by atoms with Gasteiger partial charge in [-0.25, -0.2) is 4.79 Å². The van der Waals surface area contributed by atoms with Crippen molar-refractivity contribution in [2.75, 3.05) is 23.8 Å². The summed E-state index contributed by atoms with van der Waals surface area (Å²) in [6, 6.07) is 18.8. The molecule has 13 heteroatoms. The average Bonchev–Trinajstić information content (AvgIpc) is 3.85. The van der Waals surface area contributed by atoms with E-state index in [0.29, 0.717) is 29.1 Å². The van der Waals surface area contributed by atoms with Gasteiger partial charge in [0.15, 0.2) is 6.61 Å². The van der Waals surface area contributed by atoms with Gasteiger partial charge in [-0.05, 0) is 85.0 Å². The summed E-state index contributed by atoms with van der Waals surface area (Å²) in [6.07, 6.45) is -2.18. The van der Waals surface area contributed by atoms with Gasteiger partial charge < -0.3 is 30.7 Å². The molecule has 1 aliphatic carbocycles. The van der Waals surface area contributed by atoms with Gasteiger partial charge in [0.25, 0.3) is 17.7 Å². The normalized spacial score (nSPS) is 15.3. The zero-order valence-electron chi connectivity index (χ0n) is 23.4. The van der Waals surface area contributed by atoms with Gasteiger partial charge in [-0.1, -0.05) is 18.2 Å². The minimum absolute atomic E-state index is 0.0547. The lowest BCUT2D eigenvalue weighted by molar-refractivity contribution is -0.192. The van der Waals surface area contributed by atoms with Gasteiger partial charge in [0.1, 0.15) is 5.75 Å². The molecule has 6 rings (SSSR count). The summed E-state index contributed by atoms with van der Waals surface area (Å²) in [5.41, 5.74) is 5.98. The van der Waals surface area contributed by atoms with Gasteiger partial charge in [0, 0.05) is 35.9 Å². The number of nitrogens with one attached hydrogen (secondary N) is 3. The molecule has 3 aromatic rings. The van der Waals surface area contributed by atoms with Gasteiger partial charge in [0.2, 0.25) is 0 Å². The van der Waals surface area contributed by atoms with E-state index >= 15 is 0 Å². The van der Waals surface area contributed by atoms with Crippen LogP contribution in [0.4, 0.5) is 24.5 Å². The van der Waals surface area contributed by atoms with Crippen LogP contribution in [0.15, 0.2) is 60.7 Å². The molecular formula is C31H29F3N4O6. The van der Waals surface area contributed by atoms with Gasteiger partial charge in [-0.2, -0.15) is 13.2 Å². The van der Waals surface area contributed by atoms with Gasteiger partial charge >= 0.3 is 12.1 Å². The number of carbonyl (C=O) groups excluding carboxylic acids is 3.